The molecule has 0 bridgehead atoms. The molecule has 0 saturated carbocycles. The first-order valence-electron chi connectivity index (χ1n) is 12.0. The summed E-state index contributed by atoms with van der Waals surface area (Å²) in [6.07, 6.45) is 2.48. The Morgan fingerprint density at radius 3 is 2.16 bits per heavy atom. The van der Waals surface area contributed by atoms with Gasteiger partial charge in [0.2, 0.25) is 10.0 Å². The normalized spacial score (nSPS) is 11.4. The summed E-state index contributed by atoms with van der Waals surface area (Å²) in [6.45, 7) is 5.50. The number of benzene rings is 3. The van der Waals surface area contributed by atoms with Gasteiger partial charge in [-0.05, 0) is 72.5 Å². The Bertz CT molecular complexity index is 1370. The monoisotopic (exact) mass is 536 g/mol. The van der Waals surface area contributed by atoms with Gasteiger partial charge >= 0.3 is 0 Å². The average Bonchev–Trinajstić information content (AvgIpc) is 2.87. The molecule has 3 rings (SSSR count). The SMILES string of the molecule is Cc1ccc(NC(=O)COc2ccc(/C=N\NC(=O)CN(c3ccc(C(C)C)cc3)S(C)(=O)=O)cc2)cc1. The first-order valence-corrected chi connectivity index (χ1v) is 13.8. The molecule has 3 aromatic carbocycles. The molecule has 0 radical (unpaired) electrons. The lowest BCUT2D eigenvalue weighted by molar-refractivity contribution is -0.119. The topological polar surface area (TPSA) is 117 Å². The highest BCUT2D eigenvalue weighted by Crippen LogP contribution is 2.22. The fourth-order valence-electron chi connectivity index (χ4n) is 3.40. The molecule has 0 spiro atoms. The average molecular weight is 537 g/mol. The van der Waals surface area contributed by atoms with E-state index in [2.05, 4.69) is 15.8 Å². The summed E-state index contributed by atoms with van der Waals surface area (Å²) in [6, 6.07) is 21.3. The van der Waals surface area contributed by atoms with E-state index in [9.17, 15) is 18.0 Å². The standard InChI is InChI=1S/C28H32N4O5S/c1-20(2)23-9-13-25(14-10-23)32(38(4,35)36)18-27(33)31-29-17-22-7-15-26(16-8-22)37-19-28(34)30-24-11-5-21(3)6-12-24/h5-17,20H,18-19H2,1-4H3,(H,30,34)(H,31,33)/b29-17-. The fourth-order valence-corrected chi connectivity index (χ4v) is 4.26. The summed E-state index contributed by atoms with van der Waals surface area (Å²) >= 11 is 0. The zero-order valence-corrected chi connectivity index (χ0v) is 22.7. The van der Waals surface area contributed by atoms with E-state index in [1.54, 1.807) is 36.4 Å². The summed E-state index contributed by atoms with van der Waals surface area (Å²) in [5.41, 5.74) is 6.29. The van der Waals surface area contributed by atoms with E-state index >= 15 is 0 Å². The van der Waals surface area contributed by atoms with Crippen LogP contribution in [-0.2, 0) is 19.6 Å². The van der Waals surface area contributed by atoms with Crippen molar-refractivity contribution in [3.63, 3.8) is 0 Å². The molecule has 2 amide bonds. The quantitative estimate of drug-likeness (QED) is 0.283. The van der Waals surface area contributed by atoms with Crippen molar-refractivity contribution in [1.29, 1.82) is 0 Å². The zero-order chi connectivity index (χ0) is 27.7. The number of ether oxygens (including phenoxy) is 1. The third-order valence-corrected chi connectivity index (χ3v) is 6.66. The van der Waals surface area contributed by atoms with Gasteiger partial charge in [-0.25, -0.2) is 13.8 Å². The van der Waals surface area contributed by atoms with Crippen LogP contribution in [0.15, 0.2) is 77.9 Å². The number of carbonyl (C=O) groups excluding carboxylic acids is 2. The van der Waals surface area contributed by atoms with E-state index < -0.39 is 22.5 Å². The minimum atomic E-state index is -3.68. The van der Waals surface area contributed by atoms with Gasteiger partial charge in [0.25, 0.3) is 11.8 Å². The van der Waals surface area contributed by atoms with E-state index in [-0.39, 0.29) is 12.5 Å². The Kier molecular flexibility index (Phi) is 9.61. The lowest BCUT2D eigenvalue weighted by Crippen LogP contribution is -2.39. The van der Waals surface area contributed by atoms with Gasteiger partial charge < -0.3 is 10.1 Å². The van der Waals surface area contributed by atoms with E-state index in [0.29, 0.717) is 28.6 Å². The van der Waals surface area contributed by atoms with Crippen molar-refractivity contribution < 1.29 is 22.7 Å². The van der Waals surface area contributed by atoms with Crippen molar-refractivity contribution >= 4 is 39.4 Å². The second-order valence-electron chi connectivity index (χ2n) is 9.08. The molecule has 38 heavy (non-hydrogen) atoms. The van der Waals surface area contributed by atoms with Crippen LogP contribution in [0, 0.1) is 6.92 Å². The molecule has 0 unspecified atom stereocenters. The number of amides is 2. The Labute approximate surface area is 223 Å². The molecule has 0 atom stereocenters. The number of hydrogen-bond acceptors (Lipinski definition) is 6. The van der Waals surface area contributed by atoms with Crippen LogP contribution in [0.2, 0.25) is 0 Å². The number of nitrogens with zero attached hydrogens (tertiary/aromatic N) is 2. The number of carbonyl (C=O) groups is 2. The number of aryl methyl sites for hydroxylation is 1. The molecular formula is C28H32N4O5S. The van der Waals surface area contributed by atoms with Gasteiger partial charge in [-0.3, -0.25) is 13.9 Å². The maximum absolute atomic E-state index is 12.4. The van der Waals surface area contributed by atoms with Crippen molar-refractivity contribution in [3.8, 4) is 5.75 Å². The van der Waals surface area contributed by atoms with Crippen molar-refractivity contribution in [2.45, 2.75) is 26.7 Å². The number of sulfonamides is 1. The zero-order valence-electron chi connectivity index (χ0n) is 21.8. The molecule has 2 N–H and O–H groups in total. The molecule has 0 aromatic heterocycles. The van der Waals surface area contributed by atoms with Crippen LogP contribution >= 0.6 is 0 Å². The van der Waals surface area contributed by atoms with E-state index in [0.717, 1.165) is 21.7 Å². The molecule has 0 heterocycles. The molecule has 10 heteroatoms. The summed E-state index contributed by atoms with van der Waals surface area (Å²) in [7, 11) is -3.68. The van der Waals surface area contributed by atoms with Crippen molar-refractivity contribution in [2.24, 2.45) is 5.10 Å². The highest BCUT2D eigenvalue weighted by molar-refractivity contribution is 7.92. The summed E-state index contributed by atoms with van der Waals surface area (Å²) in [5.74, 6) is -0.0598. The maximum Gasteiger partial charge on any atom is 0.262 e. The Morgan fingerprint density at radius 2 is 1.58 bits per heavy atom. The van der Waals surface area contributed by atoms with Crippen LogP contribution < -0.4 is 19.8 Å². The minimum Gasteiger partial charge on any atom is -0.484 e. The van der Waals surface area contributed by atoms with Crippen LogP contribution in [0.4, 0.5) is 11.4 Å². The van der Waals surface area contributed by atoms with Crippen LogP contribution in [0.3, 0.4) is 0 Å². The first kappa shape index (κ1) is 28.4. The predicted molar refractivity (Wildman–Crippen MR) is 150 cm³/mol. The molecule has 0 fully saturated rings. The third-order valence-electron chi connectivity index (χ3n) is 5.52. The van der Waals surface area contributed by atoms with Gasteiger partial charge in [0.1, 0.15) is 12.3 Å². The Hall–Kier alpha value is -4.18. The fraction of sp³-hybridized carbons (Fsp3) is 0.250. The van der Waals surface area contributed by atoms with E-state index in [1.165, 1.54) is 6.21 Å². The van der Waals surface area contributed by atoms with E-state index in [4.69, 9.17) is 4.74 Å². The molecule has 9 nitrogen and oxygen atoms in total. The van der Waals surface area contributed by atoms with E-state index in [1.807, 2.05) is 57.2 Å². The molecule has 0 aliphatic rings. The Morgan fingerprint density at radius 1 is 0.947 bits per heavy atom. The number of nitrogens with one attached hydrogen (secondary N) is 2. The number of rotatable bonds is 11. The molecular weight excluding hydrogens is 504 g/mol. The van der Waals surface area contributed by atoms with Crippen LogP contribution in [0.1, 0.15) is 36.5 Å². The highest BCUT2D eigenvalue weighted by atomic mass is 32.2. The Balaban J connectivity index is 1.50. The van der Waals surface area contributed by atoms with Gasteiger partial charge in [-0.2, -0.15) is 5.10 Å². The van der Waals surface area contributed by atoms with Crippen molar-refractivity contribution in [2.75, 3.05) is 29.0 Å². The second-order valence-corrected chi connectivity index (χ2v) is 11.0. The number of hydrazone groups is 1. The van der Waals surface area contributed by atoms with Crippen molar-refractivity contribution in [1.82, 2.24) is 5.43 Å². The summed E-state index contributed by atoms with van der Waals surface area (Å²) in [5, 5.41) is 6.68. The first-order chi connectivity index (χ1) is 18.0. The maximum atomic E-state index is 12.4. The van der Waals surface area contributed by atoms with Crippen molar-refractivity contribution in [3.05, 3.63) is 89.5 Å². The molecule has 0 aliphatic heterocycles. The summed E-state index contributed by atoms with van der Waals surface area (Å²) in [4.78, 5) is 24.5. The van der Waals surface area contributed by atoms with Gasteiger partial charge in [0.05, 0.1) is 18.2 Å². The van der Waals surface area contributed by atoms with Crippen LogP contribution in [0.25, 0.3) is 0 Å². The van der Waals surface area contributed by atoms with Gasteiger partial charge in [-0.15, -0.1) is 0 Å². The van der Waals surface area contributed by atoms with Gasteiger partial charge in [-0.1, -0.05) is 43.7 Å². The number of anilines is 2. The predicted octanol–water partition coefficient (Wildman–Crippen LogP) is 4.05. The second kappa shape index (κ2) is 12.9. The third kappa shape index (κ3) is 8.74. The largest absolute Gasteiger partial charge is 0.484 e. The smallest absolute Gasteiger partial charge is 0.262 e. The molecule has 0 saturated heterocycles. The lowest BCUT2D eigenvalue weighted by atomic mass is 10.0. The highest BCUT2D eigenvalue weighted by Gasteiger charge is 2.20. The van der Waals surface area contributed by atoms with Crippen LogP contribution in [0.5, 0.6) is 5.75 Å². The number of hydrogen-bond donors (Lipinski definition) is 2. The lowest BCUT2D eigenvalue weighted by Gasteiger charge is -2.21. The molecule has 200 valence electrons. The summed E-state index contributed by atoms with van der Waals surface area (Å²) < 4.78 is 31.1. The molecule has 0 aliphatic carbocycles. The molecule has 3 aromatic rings. The van der Waals surface area contributed by atoms with Gasteiger partial charge in [0, 0.05) is 5.69 Å². The minimum absolute atomic E-state index is 0.144. The van der Waals surface area contributed by atoms with Crippen LogP contribution in [-0.4, -0.2) is 45.9 Å². The van der Waals surface area contributed by atoms with Gasteiger partial charge in [0.15, 0.2) is 6.61 Å².